The van der Waals surface area contributed by atoms with Gasteiger partial charge < -0.3 is 15.5 Å². The summed E-state index contributed by atoms with van der Waals surface area (Å²) in [6.45, 7) is 7.81. The van der Waals surface area contributed by atoms with Crippen LogP contribution in [0.15, 0.2) is 58.4 Å². The number of hydrogen-bond acceptors (Lipinski definition) is 8. The smallest absolute Gasteiger partial charge is 0.298 e. The van der Waals surface area contributed by atoms with Crippen LogP contribution in [0.2, 0.25) is 5.02 Å². The Hall–Kier alpha value is -4.99. The number of amides is 1. The number of carbonyl (C=O) groups is 1. The molecule has 13 heteroatoms. The molecule has 0 saturated carbocycles. The standard InChI is InChI=1S/C36H34ClFN6O4S/c1-6-9-27(45)42-14-16-43(17-15-42)34-24-19-25(37)28(31-23-11-8-7-10-22(23)18-26(39)41-31)29(38)33(24)44(36(46)35(34)49(5,47)48)32-21(4)12-13-40-30(32)20(2)3/h7-8,10-13,18-20H,14-17H2,1-5H3,(H2,39,41). The second-order valence-corrected chi connectivity index (χ2v) is 14.7. The summed E-state index contributed by atoms with van der Waals surface area (Å²) in [4.78, 5) is 39.1. The first kappa shape index (κ1) is 33.9. The first-order valence-electron chi connectivity index (χ1n) is 15.6. The quantitative estimate of drug-likeness (QED) is 0.239. The Morgan fingerprint density at radius 3 is 2.41 bits per heavy atom. The number of sulfone groups is 1. The van der Waals surface area contributed by atoms with E-state index in [-0.39, 0.29) is 82.4 Å². The molecule has 0 bridgehead atoms. The summed E-state index contributed by atoms with van der Waals surface area (Å²) in [6.07, 6.45) is 2.55. The van der Waals surface area contributed by atoms with Gasteiger partial charge in [-0.3, -0.25) is 19.1 Å². The summed E-state index contributed by atoms with van der Waals surface area (Å²) in [5.41, 5.74) is 6.49. The molecule has 0 atom stereocenters. The predicted molar refractivity (Wildman–Crippen MR) is 192 cm³/mol. The maximum Gasteiger partial charge on any atom is 0.298 e. The number of carbonyl (C=O) groups excluding carboxylic acids is 1. The number of nitrogens with zero attached hydrogens (tertiary/aromatic N) is 5. The maximum atomic E-state index is 17.7. The van der Waals surface area contributed by atoms with Crippen LogP contribution in [-0.4, -0.2) is 66.2 Å². The van der Waals surface area contributed by atoms with Gasteiger partial charge in [-0.05, 0) is 54.8 Å². The molecule has 1 fully saturated rings. The minimum atomic E-state index is -4.23. The Labute approximate surface area is 288 Å². The molecule has 3 aromatic heterocycles. The predicted octanol–water partition coefficient (Wildman–Crippen LogP) is 5.48. The molecule has 6 rings (SSSR count). The summed E-state index contributed by atoms with van der Waals surface area (Å²) in [5.74, 6) is 3.80. The number of halogens is 2. The number of pyridine rings is 3. The number of aryl methyl sites for hydroxylation is 1. The number of nitrogens with two attached hydrogens (primary N) is 1. The molecule has 5 aromatic rings. The Bertz CT molecular complexity index is 2430. The average molecular weight is 701 g/mol. The second kappa shape index (κ2) is 12.8. The molecule has 1 saturated heterocycles. The summed E-state index contributed by atoms with van der Waals surface area (Å²) in [5, 5.41) is 1.33. The van der Waals surface area contributed by atoms with Crippen LogP contribution >= 0.6 is 11.6 Å². The molecule has 0 radical (unpaired) electrons. The van der Waals surface area contributed by atoms with Crippen molar-refractivity contribution in [3.8, 4) is 28.8 Å². The number of anilines is 2. The van der Waals surface area contributed by atoms with Gasteiger partial charge in [-0.15, -0.1) is 0 Å². The summed E-state index contributed by atoms with van der Waals surface area (Å²) < 4.78 is 46.1. The number of fused-ring (bicyclic) bond motifs is 2. The molecule has 2 N–H and O–H groups in total. The Morgan fingerprint density at radius 1 is 1.06 bits per heavy atom. The molecule has 0 unspecified atom stereocenters. The van der Waals surface area contributed by atoms with Gasteiger partial charge in [0.15, 0.2) is 20.5 Å². The molecule has 2 aromatic carbocycles. The topological polar surface area (TPSA) is 131 Å². The summed E-state index contributed by atoms with van der Waals surface area (Å²) in [6, 6.07) is 12.0. The molecule has 252 valence electrons. The van der Waals surface area contributed by atoms with Gasteiger partial charge in [-0.1, -0.05) is 55.6 Å². The normalized spacial score (nSPS) is 13.6. The first-order valence-corrected chi connectivity index (χ1v) is 17.9. The van der Waals surface area contributed by atoms with Gasteiger partial charge in [-0.2, -0.15) is 0 Å². The highest BCUT2D eigenvalue weighted by molar-refractivity contribution is 7.90. The lowest BCUT2D eigenvalue weighted by Crippen LogP contribution is -2.49. The lowest BCUT2D eigenvalue weighted by atomic mass is 9.99. The number of benzene rings is 2. The molecule has 0 spiro atoms. The minimum absolute atomic E-state index is 0.0119. The van der Waals surface area contributed by atoms with E-state index in [9.17, 15) is 18.0 Å². The fourth-order valence-corrected chi connectivity index (χ4v) is 7.81. The number of piperazine rings is 1. The van der Waals surface area contributed by atoms with Gasteiger partial charge in [-0.25, -0.2) is 17.8 Å². The molecule has 49 heavy (non-hydrogen) atoms. The van der Waals surface area contributed by atoms with Crippen molar-refractivity contribution in [2.24, 2.45) is 0 Å². The fraction of sp³-hybridized carbons (Fsp3) is 0.278. The van der Waals surface area contributed by atoms with E-state index in [1.807, 2.05) is 26.0 Å². The molecular weight excluding hydrogens is 667 g/mol. The van der Waals surface area contributed by atoms with E-state index in [1.165, 1.54) is 6.07 Å². The SMILES string of the molecule is CC#CC(=O)N1CCN(c2c(S(C)(=O)=O)c(=O)n(-c3c(C)ccnc3C(C)C)c3c(F)c(-c4nc(N)cc5ccccc45)c(Cl)cc23)CC1. The van der Waals surface area contributed by atoms with Gasteiger partial charge >= 0.3 is 0 Å². The first-order chi connectivity index (χ1) is 23.2. The number of nitrogen functional groups attached to an aromatic ring is 1. The molecule has 1 amide bonds. The van der Waals surface area contributed by atoms with Gasteiger partial charge in [0.2, 0.25) is 0 Å². The van der Waals surface area contributed by atoms with Crippen LogP contribution in [0.5, 0.6) is 0 Å². The van der Waals surface area contributed by atoms with Crippen LogP contribution in [0, 0.1) is 24.6 Å². The van der Waals surface area contributed by atoms with Gasteiger partial charge in [0.25, 0.3) is 11.5 Å². The third-order valence-corrected chi connectivity index (χ3v) is 10.1. The van der Waals surface area contributed by atoms with Crippen molar-refractivity contribution < 1.29 is 17.6 Å². The van der Waals surface area contributed by atoms with E-state index in [0.29, 0.717) is 22.0 Å². The van der Waals surface area contributed by atoms with Crippen LogP contribution in [-0.2, 0) is 14.6 Å². The highest BCUT2D eigenvalue weighted by atomic mass is 35.5. The van der Waals surface area contributed by atoms with E-state index < -0.39 is 26.1 Å². The largest absolute Gasteiger partial charge is 0.384 e. The van der Waals surface area contributed by atoms with Crippen molar-refractivity contribution in [3.63, 3.8) is 0 Å². The molecule has 4 heterocycles. The van der Waals surface area contributed by atoms with Crippen LogP contribution in [0.3, 0.4) is 0 Å². The van der Waals surface area contributed by atoms with Crippen LogP contribution in [0.1, 0.15) is 37.9 Å². The third-order valence-electron chi connectivity index (χ3n) is 8.69. The Kier molecular flexibility index (Phi) is 8.85. The maximum absolute atomic E-state index is 17.7. The lowest BCUT2D eigenvalue weighted by Gasteiger charge is -2.37. The van der Waals surface area contributed by atoms with E-state index in [4.69, 9.17) is 17.3 Å². The molecule has 1 aliphatic heterocycles. The molecular formula is C36H34ClFN6O4S. The molecule has 1 aliphatic rings. The molecule has 0 aliphatic carbocycles. The third kappa shape index (κ3) is 5.87. The number of rotatable bonds is 5. The van der Waals surface area contributed by atoms with Crippen LogP contribution < -0.4 is 16.2 Å². The lowest BCUT2D eigenvalue weighted by molar-refractivity contribution is -0.125. The summed E-state index contributed by atoms with van der Waals surface area (Å²) >= 11 is 6.97. The average Bonchev–Trinajstić information content (AvgIpc) is 3.04. The van der Waals surface area contributed by atoms with E-state index in [2.05, 4.69) is 21.8 Å². The van der Waals surface area contributed by atoms with Gasteiger partial charge in [0, 0.05) is 49.4 Å². The Morgan fingerprint density at radius 2 is 1.76 bits per heavy atom. The van der Waals surface area contributed by atoms with Crippen molar-refractivity contribution in [1.82, 2.24) is 19.4 Å². The highest BCUT2D eigenvalue weighted by Crippen LogP contribution is 2.43. The van der Waals surface area contributed by atoms with Gasteiger partial charge in [0.05, 0.1) is 38.9 Å². The number of hydrogen-bond donors (Lipinski definition) is 1. The van der Waals surface area contributed by atoms with Crippen LogP contribution in [0.25, 0.3) is 38.6 Å². The minimum Gasteiger partial charge on any atom is -0.384 e. The zero-order valence-corrected chi connectivity index (χ0v) is 29.2. The van der Waals surface area contributed by atoms with E-state index in [1.54, 1.807) is 54.1 Å². The number of aromatic nitrogens is 3. The van der Waals surface area contributed by atoms with Crippen molar-refractivity contribution in [2.75, 3.05) is 43.1 Å². The van der Waals surface area contributed by atoms with E-state index >= 15 is 4.39 Å². The van der Waals surface area contributed by atoms with Crippen molar-refractivity contribution >= 4 is 60.5 Å². The monoisotopic (exact) mass is 700 g/mol. The Balaban J connectivity index is 1.79. The summed E-state index contributed by atoms with van der Waals surface area (Å²) in [7, 11) is -4.23. The van der Waals surface area contributed by atoms with Crippen LogP contribution in [0.4, 0.5) is 15.9 Å². The van der Waals surface area contributed by atoms with Gasteiger partial charge in [0.1, 0.15) is 5.82 Å². The zero-order valence-electron chi connectivity index (χ0n) is 27.6. The zero-order chi connectivity index (χ0) is 35.4. The second-order valence-electron chi connectivity index (χ2n) is 12.3. The molecule has 10 nitrogen and oxygen atoms in total. The van der Waals surface area contributed by atoms with E-state index in [0.717, 1.165) is 10.8 Å². The fourth-order valence-electron chi connectivity index (χ4n) is 6.53. The van der Waals surface area contributed by atoms with Crippen molar-refractivity contribution in [2.45, 2.75) is 38.5 Å². The highest BCUT2D eigenvalue weighted by Gasteiger charge is 2.34. The van der Waals surface area contributed by atoms with Crippen molar-refractivity contribution in [1.29, 1.82) is 0 Å². The van der Waals surface area contributed by atoms with Crippen molar-refractivity contribution in [3.05, 3.63) is 81.1 Å².